The summed E-state index contributed by atoms with van der Waals surface area (Å²) in [5, 5.41) is 4.17. The Kier molecular flexibility index (Phi) is 5.88. The van der Waals surface area contributed by atoms with Crippen LogP contribution < -0.4 is 4.72 Å². The van der Waals surface area contributed by atoms with Gasteiger partial charge >= 0.3 is 0 Å². The molecule has 0 aliphatic carbocycles. The normalized spacial score (nSPS) is 15.8. The lowest BCUT2D eigenvalue weighted by Gasteiger charge is -2.35. The molecule has 29 heavy (non-hydrogen) atoms. The highest BCUT2D eigenvalue weighted by Gasteiger charge is 2.27. The van der Waals surface area contributed by atoms with Crippen LogP contribution in [0, 0.1) is 13.8 Å². The van der Waals surface area contributed by atoms with Crippen LogP contribution in [0.3, 0.4) is 0 Å². The lowest BCUT2D eigenvalue weighted by molar-refractivity contribution is 0.181. The third-order valence-electron chi connectivity index (χ3n) is 5.78. The molecule has 1 aliphatic heterocycles. The summed E-state index contributed by atoms with van der Waals surface area (Å²) >= 11 is 1.65. The third-order valence-corrected chi connectivity index (χ3v) is 7.91. The quantitative estimate of drug-likeness (QED) is 0.634. The van der Waals surface area contributed by atoms with Crippen LogP contribution in [0.2, 0.25) is 0 Å². The number of benzene rings is 2. The molecule has 1 aromatic heterocycles. The summed E-state index contributed by atoms with van der Waals surface area (Å²) in [6, 6.07) is 15.9. The van der Waals surface area contributed by atoms with Crippen molar-refractivity contribution in [3.8, 4) is 0 Å². The predicted octanol–water partition coefficient (Wildman–Crippen LogP) is 4.44. The van der Waals surface area contributed by atoms with Crippen molar-refractivity contribution in [3.05, 3.63) is 87.1 Å². The molecule has 0 radical (unpaired) electrons. The van der Waals surface area contributed by atoms with Gasteiger partial charge in [0.2, 0.25) is 10.0 Å². The fourth-order valence-electron chi connectivity index (χ4n) is 3.86. The van der Waals surface area contributed by atoms with Crippen molar-refractivity contribution < 1.29 is 8.42 Å². The van der Waals surface area contributed by atoms with E-state index in [9.17, 15) is 8.42 Å². The van der Waals surface area contributed by atoms with E-state index < -0.39 is 10.0 Å². The molecule has 1 aliphatic rings. The summed E-state index contributed by atoms with van der Waals surface area (Å²) < 4.78 is 28.7. The van der Waals surface area contributed by atoms with Crippen molar-refractivity contribution in [2.24, 2.45) is 0 Å². The van der Waals surface area contributed by atoms with E-state index in [4.69, 9.17) is 0 Å². The van der Waals surface area contributed by atoms with E-state index >= 15 is 0 Å². The van der Waals surface area contributed by atoms with Crippen LogP contribution in [-0.4, -0.2) is 26.4 Å². The zero-order chi connectivity index (χ0) is 20.4. The van der Waals surface area contributed by atoms with Gasteiger partial charge in [-0.25, -0.2) is 13.1 Å². The standard InChI is InChI=1S/C23H26N2O2S2/c1-17-7-8-22(13-18(17)2)29(26,27)24-14-23(21-10-12-28-16-21)25-11-9-19-5-3-4-6-20(19)15-25/h3-8,10,12-13,16,23-24H,9,11,14-15H2,1-2H3/t23-/m0/s1. The number of fused-ring (bicyclic) bond motifs is 1. The number of aryl methyl sites for hydroxylation is 2. The minimum absolute atomic E-state index is 0.0101. The van der Waals surface area contributed by atoms with Crippen LogP contribution in [0.4, 0.5) is 0 Å². The maximum absolute atomic E-state index is 12.9. The number of hydrogen-bond acceptors (Lipinski definition) is 4. The van der Waals surface area contributed by atoms with Gasteiger partial charge in [-0.15, -0.1) is 0 Å². The average molecular weight is 427 g/mol. The summed E-state index contributed by atoms with van der Waals surface area (Å²) in [4.78, 5) is 2.71. The SMILES string of the molecule is Cc1ccc(S(=O)(=O)NC[C@@H](c2ccsc2)N2CCc3ccccc3C2)cc1C. The molecule has 0 fully saturated rings. The Balaban J connectivity index is 1.55. The second-order valence-corrected chi connectivity index (χ2v) is 10.2. The number of nitrogens with zero attached hydrogens (tertiary/aromatic N) is 1. The Hall–Kier alpha value is -1.99. The number of rotatable bonds is 6. The van der Waals surface area contributed by atoms with Crippen molar-refractivity contribution in [2.75, 3.05) is 13.1 Å². The Morgan fingerprint density at radius 3 is 2.59 bits per heavy atom. The highest BCUT2D eigenvalue weighted by Crippen LogP contribution is 2.29. The molecule has 6 heteroatoms. The summed E-state index contributed by atoms with van der Waals surface area (Å²) in [7, 11) is -3.56. The molecule has 1 atom stereocenters. The van der Waals surface area contributed by atoms with Gasteiger partial charge in [-0.2, -0.15) is 11.3 Å². The van der Waals surface area contributed by atoms with Gasteiger partial charge in [0.15, 0.2) is 0 Å². The molecule has 4 nitrogen and oxygen atoms in total. The van der Waals surface area contributed by atoms with Crippen molar-refractivity contribution in [1.82, 2.24) is 9.62 Å². The molecule has 2 aromatic carbocycles. The summed E-state index contributed by atoms with van der Waals surface area (Å²) in [6.07, 6.45) is 0.987. The van der Waals surface area contributed by atoms with Crippen molar-refractivity contribution >= 4 is 21.4 Å². The molecule has 4 rings (SSSR count). The van der Waals surface area contributed by atoms with E-state index in [1.165, 1.54) is 11.1 Å². The predicted molar refractivity (Wildman–Crippen MR) is 119 cm³/mol. The van der Waals surface area contributed by atoms with Crippen molar-refractivity contribution in [3.63, 3.8) is 0 Å². The second kappa shape index (κ2) is 8.40. The molecule has 0 saturated heterocycles. The van der Waals surface area contributed by atoms with E-state index in [0.717, 1.165) is 36.2 Å². The van der Waals surface area contributed by atoms with Crippen molar-refractivity contribution in [1.29, 1.82) is 0 Å². The van der Waals surface area contributed by atoms with E-state index in [2.05, 4.69) is 50.7 Å². The van der Waals surface area contributed by atoms with Gasteiger partial charge in [0.1, 0.15) is 0 Å². The largest absolute Gasteiger partial charge is 0.290 e. The molecule has 0 bridgehead atoms. The fourth-order valence-corrected chi connectivity index (χ4v) is 5.69. The minimum atomic E-state index is -3.56. The molecular formula is C23H26N2O2S2. The third kappa shape index (κ3) is 4.46. The Morgan fingerprint density at radius 1 is 1.07 bits per heavy atom. The summed E-state index contributed by atoms with van der Waals surface area (Å²) in [5.74, 6) is 0. The second-order valence-electron chi connectivity index (χ2n) is 7.66. The smallest absolute Gasteiger partial charge is 0.240 e. The lowest BCUT2D eigenvalue weighted by Crippen LogP contribution is -2.40. The van der Waals surface area contributed by atoms with Crippen LogP contribution in [-0.2, 0) is 23.0 Å². The van der Waals surface area contributed by atoms with Gasteiger partial charge < -0.3 is 0 Å². The summed E-state index contributed by atoms with van der Waals surface area (Å²) in [5.41, 5.74) is 5.96. The maximum Gasteiger partial charge on any atom is 0.240 e. The minimum Gasteiger partial charge on any atom is -0.290 e. The number of nitrogens with one attached hydrogen (secondary N) is 1. The first-order valence-corrected chi connectivity index (χ1v) is 12.3. The van der Waals surface area contributed by atoms with E-state index in [1.807, 2.05) is 19.9 Å². The zero-order valence-corrected chi connectivity index (χ0v) is 18.4. The van der Waals surface area contributed by atoms with E-state index in [0.29, 0.717) is 11.4 Å². The molecule has 1 N–H and O–H groups in total. The Labute approximate surface area is 177 Å². The fraction of sp³-hybridized carbons (Fsp3) is 0.304. The number of sulfonamides is 1. The molecule has 0 saturated carbocycles. The summed E-state index contributed by atoms with van der Waals surface area (Å²) in [6.45, 7) is 6.03. The first kappa shape index (κ1) is 20.3. The van der Waals surface area contributed by atoms with Gasteiger partial charge in [-0.3, -0.25) is 4.90 Å². The first-order chi connectivity index (χ1) is 13.9. The molecule has 0 amide bonds. The lowest BCUT2D eigenvalue weighted by atomic mass is 9.97. The number of hydrogen-bond donors (Lipinski definition) is 1. The van der Waals surface area contributed by atoms with Crippen LogP contribution in [0.1, 0.15) is 33.9 Å². The monoisotopic (exact) mass is 426 g/mol. The molecule has 3 aromatic rings. The van der Waals surface area contributed by atoms with Crippen LogP contribution in [0.15, 0.2) is 64.2 Å². The highest BCUT2D eigenvalue weighted by molar-refractivity contribution is 7.89. The van der Waals surface area contributed by atoms with Gasteiger partial charge in [-0.1, -0.05) is 30.3 Å². The Morgan fingerprint density at radius 2 is 1.86 bits per heavy atom. The van der Waals surface area contributed by atoms with Gasteiger partial charge in [0, 0.05) is 25.7 Å². The van der Waals surface area contributed by atoms with Gasteiger partial charge in [0.25, 0.3) is 0 Å². The van der Waals surface area contributed by atoms with E-state index in [-0.39, 0.29) is 6.04 Å². The van der Waals surface area contributed by atoms with Gasteiger partial charge in [0.05, 0.1) is 4.90 Å². The van der Waals surface area contributed by atoms with Crippen LogP contribution in [0.25, 0.3) is 0 Å². The average Bonchev–Trinajstić information content (AvgIpc) is 3.24. The topological polar surface area (TPSA) is 49.4 Å². The number of thiophene rings is 1. The van der Waals surface area contributed by atoms with Gasteiger partial charge in [-0.05, 0) is 77.0 Å². The van der Waals surface area contributed by atoms with E-state index in [1.54, 1.807) is 23.5 Å². The molecule has 0 unspecified atom stereocenters. The highest BCUT2D eigenvalue weighted by atomic mass is 32.2. The Bertz CT molecular complexity index is 1090. The van der Waals surface area contributed by atoms with Crippen LogP contribution in [0.5, 0.6) is 0 Å². The first-order valence-electron chi connectivity index (χ1n) is 9.84. The maximum atomic E-state index is 12.9. The molecule has 2 heterocycles. The molecule has 0 spiro atoms. The molecule has 152 valence electrons. The van der Waals surface area contributed by atoms with Crippen LogP contribution >= 0.6 is 11.3 Å². The molecular weight excluding hydrogens is 400 g/mol. The van der Waals surface area contributed by atoms with Crippen molar-refractivity contribution in [2.45, 2.75) is 37.8 Å². The zero-order valence-electron chi connectivity index (χ0n) is 16.8.